The maximum atomic E-state index is 12.1. The van der Waals surface area contributed by atoms with Gasteiger partial charge in [-0.2, -0.15) is 12.7 Å². The van der Waals surface area contributed by atoms with E-state index in [0.29, 0.717) is 31.9 Å². The maximum Gasteiger partial charge on any atom is 0.279 e. The number of fused-ring (bicyclic) bond motifs is 1. The minimum absolute atomic E-state index is 0.0180. The van der Waals surface area contributed by atoms with E-state index in [1.165, 1.54) is 4.31 Å². The first-order valence-corrected chi connectivity index (χ1v) is 9.23. The van der Waals surface area contributed by atoms with Crippen molar-refractivity contribution in [3.05, 3.63) is 29.8 Å². The number of carbonyl (C=O) groups excluding carboxylic acids is 1. The summed E-state index contributed by atoms with van der Waals surface area (Å²) in [5, 5.41) is 0. The first kappa shape index (κ1) is 16.2. The fourth-order valence-electron chi connectivity index (χ4n) is 2.83. The quantitative estimate of drug-likeness (QED) is 0.839. The van der Waals surface area contributed by atoms with Crippen molar-refractivity contribution < 1.29 is 17.9 Å². The van der Waals surface area contributed by atoms with Crippen molar-refractivity contribution in [2.24, 2.45) is 0 Å². The molecular weight excluding hydrogens is 318 g/mol. The Bertz CT molecular complexity index is 671. The van der Waals surface area contributed by atoms with Crippen LogP contribution in [0.15, 0.2) is 24.3 Å². The zero-order chi connectivity index (χ0) is 16.3. The Kier molecular flexibility index (Phi) is 4.84. The highest BCUT2D eigenvalue weighted by atomic mass is 32.2. The van der Waals surface area contributed by atoms with Gasteiger partial charge in [-0.15, -0.1) is 0 Å². The van der Waals surface area contributed by atoms with Crippen molar-refractivity contribution in [3.8, 4) is 5.75 Å². The first-order valence-electron chi connectivity index (χ1n) is 7.79. The molecule has 0 saturated carbocycles. The molecule has 126 valence electrons. The van der Waals surface area contributed by atoms with Gasteiger partial charge in [0.05, 0.1) is 0 Å². The van der Waals surface area contributed by atoms with Crippen LogP contribution in [0.4, 0.5) is 0 Å². The monoisotopic (exact) mass is 339 g/mol. The fraction of sp³-hybridized carbons (Fsp3) is 0.533. The van der Waals surface area contributed by atoms with E-state index in [4.69, 9.17) is 4.74 Å². The average Bonchev–Trinajstić information content (AvgIpc) is 3.03. The molecule has 1 aromatic rings. The second kappa shape index (κ2) is 6.86. The number of hydrogen-bond acceptors (Lipinski definition) is 4. The molecule has 0 atom stereocenters. The third-order valence-electron chi connectivity index (χ3n) is 4.11. The molecule has 1 N–H and O–H groups in total. The summed E-state index contributed by atoms with van der Waals surface area (Å²) in [6, 6.07) is 7.51. The molecule has 1 fully saturated rings. The number of amides is 1. The van der Waals surface area contributed by atoms with Crippen LogP contribution in [0.5, 0.6) is 5.75 Å². The molecule has 1 amide bonds. The molecule has 0 bridgehead atoms. The van der Waals surface area contributed by atoms with Crippen LogP contribution in [-0.4, -0.2) is 56.3 Å². The van der Waals surface area contributed by atoms with Gasteiger partial charge in [0.1, 0.15) is 5.75 Å². The van der Waals surface area contributed by atoms with Crippen molar-refractivity contribution >= 4 is 16.1 Å². The Morgan fingerprint density at radius 1 is 1.17 bits per heavy atom. The molecule has 2 aliphatic heterocycles. The number of para-hydroxylation sites is 1. The van der Waals surface area contributed by atoms with E-state index < -0.39 is 10.2 Å². The summed E-state index contributed by atoms with van der Waals surface area (Å²) >= 11 is 0. The predicted molar refractivity (Wildman–Crippen MR) is 85.1 cm³/mol. The molecule has 2 heterocycles. The Hall–Kier alpha value is -1.64. The van der Waals surface area contributed by atoms with E-state index in [2.05, 4.69) is 4.72 Å². The predicted octanol–water partition coefficient (Wildman–Crippen LogP) is 0.338. The number of hydrogen-bond donors (Lipinski definition) is 1. The standard InChI is InChI=1S/C15H21N3O4S/c19-15-12-22-14-6-2-1-5-13(14)11-17(15)10-7-16-23(20,21)18-8-3-4-9-18/h1-2,5-6,16H,3-4,7-12H2. The highest BCUT2D eigenvalue weighted by molar-refractivity contribution is 7.87. The fourth-order valence-corrected chi connectivity index (χ4v) is 4.10. The lowest BCUT2D eigenvalue weighted by Gasteiger charge is -2.21. The van der Waals surface area contributed by atoms with E-state index >= 15 is 0 Å². The third-order valence-corrected chi connectivity index (χ3v) is 5.72. The topological polar surface area (TPSA) is 79.0 Å². The van der Waals surface area contributed by atoms with Crippen molar-refractivity contribution in [1.82, 2.24) is 13.9 Å². The molecule has 0 radical (unpaired) electrons. The first-order chi connectivity index (χ1) is 11.1. The SMILES string of the molecule is O=C1COc2ccccc2CN1CCNS(=O)(=O)N1CCCC1. The van der Waals surface area contributed by atoms with Crippen molar-refractivity contribution in [2.75, 3.05) is 32.8 Å². The summed E-state index contributed by atoms with van der Waals surface area (Å²) in [5.41, 5.74) is 0.931. The minimum atomic E-state index is -3.43. The molecule has 3 rings (SSSR count). The maximum absolute atomic E-state index is 12.1. The zero-order valence-corrected chi connectivity index (χ0v) is 13.7. The summed E-state index contributed by atoms with van der Waals surface area (Å²) in [6.45, 7) is 2.07. The van der Waals surface area contributed by atoms with Gasteiger partial charge in [-0.25, -0.2) is 4.72 Å². The molecule has 23 heavy (non-hydrogen) atoms. The molecule has 8 heteroatoms. The third kappa shape index (κ3) is 3.82. The van der Waals surface area contributed by atoms with Gasteiger partial charge in [0.15, 0.2) is 6.61 Å². The zero-order valence-electron chi connectivity index (χ0n) is 12.9. The van der Waals surface area contributed by atoms with Gasteiger partial charge in [-0.05, 0) is 18.9 Å². The molecule has 0 unspecified atom stereocenters. The normalized spacial score (nSPS) is 19.3. The largest absolute Gasteiger partial charge is 0.483 e. The number of carbonyl (C=O) groups is 1. The highest BCUT2D eigenvalue weighted by Gasteiger charge is 2.26. The van der Waals surface area contributed by atoms with Gasteiger partial charge in [0.25, 0.3) is 16.1 Å². The van der Waals surface area contributed by atoms with Crippen molar-refractivity contribution in [2.45, 2.75) is 19.4 Å². The van der Waals surface area contributed by atoms with Gasteiger partial charge in [-0.3, -0.25) is 4.79 Å². The number of ether oxygens (including phenoxy) is 1. The number of nitrogens with zero attached hydrogens (tertiary/aromatic N) is 2. The Morgan fingerprint density at radius 3 is 2.70 bits per heavy atom. The van der Waals surface area contributed by atoms with Crippen LogP contribution in [0.1, 0.15) is 18.4 Å². The van der Waals surface area contributed by atoms with Gasteiger partial charge < -0.3 is 9.64 Å². The summed E-state index contributed by atoms with van der Waals surface area (Å²) in [7, 11) is -3.43. The molecular formula is C15H21N3O4S. The average molecular weight is 339 g/mol. The lowest BCUT2D eigenvalue weighted by atomic mass is 10.2. The molecule has 2 aliphatic rings. The van der Waals surface area contributed by atoms with Gasteiger partial charge in [0.2, 0.25) is 0 Å². The lowest BCUT2D eigenvalue weighted by Crippen LogP contribution is -2.43. The van der Waals surface area contributed by atoms with Crippen LogP contribution in [-0.2, 0) is 21.5 Å². The van der Waals surface area contributed by atoms with E-state index in [-0.39, 0.29) is 19.1 Å². The second-order valence-corrected chi connectivity index (χ2v) is 7.47. The van der Waals surface area contributed by atoms with Crippen molar-refractivity contribution in [1.29, 1.82) is 0 Å². The lowest BCUT2D eigenvalue weighted by molar-refractivity contribution is -0.133. The van der Waals surface area contributed by atoms with Crippen LogP contribution in [0.2, 0.25) is 0 Å². The molecule has 1 aromatic carbocycles. The summed E-state index contributed by atoms with van der Waals surface area (Å²) in [4.78, 5) is 13.7. The van der Waals surface area contributed by atoms with Crippen LogP contribution >= 0.6 is 0 Å². The molecule has 0 spiro atoms. The summed E-state index contributed by atoms with van der Waals surface area (Å²) in [5.74, 6) is 0.572. The van der Waals surface area contributed by atoms with Crippen LogP contribution < -0.4 is 9.46 Å². The molecule has 0 aromatic heterocycles. The molecule has 0 aliphatic carbocycles. The highest BCUT2D eigenvalue weighted by Crippen LogP contribution is 2.22. The van der Waals surface area contributed by atoms with Gasteiger partial charge in [0, 0.05) is 38.3 Å². The summed E-state index contributed by atoms with van der Waals surface area (Å²) < 4.78 is 33.7. The van der Waals surface area contributed by atoms with Crippen LogP contribution in [0, 0.1) is 0 Å². The number of rotatable bonds is 5. The Labute approximate surface area is 136 Å². The Morgan fingerprint density at radius 2 is 1.91 bits per heavy atom. The summed E-state index contributed by atoms with van der Waals surface area (Å²) in [6.07, 6.45) is 1.80. The minimum Gasteiger partial charge on any atom is -0.483 e. The Balaban J connectivity index is 1.58. The van der Waals surface area contributed by atoms with Gasteiger partial charge in [-0.1, -0.05) is 18.2 Å². The second-order valence-electron chi connectivity index (χ2n) is 5.72. The number of nitrogens with one attached hydrogen (secondary N) is 1. The number of benzene rings is 1. The molecule has 7 nitrogen and oxygen atoms in total. The van der Waals surface area contributed by atoms with Crippen molar-refractivity contribution in [3.63, 3.8) is 0 Å². The smallest absolute Gasteiger partial charge is 0.279 e. The van der Waals surface area contributed by atoms with E-state index in [0.717, 1.165) is 18.4 Å². The van der Waals surface area contributed by atoms with E-state index in [1.54, 1.807) is 4.90 Å². The molecule has 1 saturated heterocycles. The van der Waals surface area contributed by atoms with Gasteiger partial charge >= 0.3 is 0 Å². The van der Waals surface area contributed by atoms with Crippen LogP contribution in [0.3, 0.4) is 0 Å². The van der Waals surface area contributed by atoms with E-state index in [9.17, 15) is 13.2 Å². The van der Waals surface area contributed by atoms with Crippen LogP contribution in [0.25, 0.3) is 0 Å². The van der Waals surface area contributed by atoms with E-state index in [1.807, 2.05) is 24.3 Å².